The molecule has 0 unspecified atom stereocenters. The molecule has 6 nitrogen and oxygen atoms in total. The number of nitrogens with zero attached hydrogens (tertiary/aromatic N) is 4. The monoisotopic (exact) mass is 480 g/mol. The second kappa shape index (κ2) is 9.77. The van der Waals surface area contributed by atoms with Crippen LogP contribution in [0.25, 0.3) is 16.7 Å². The average molecular weight is 481 g/mol. The number of hydrogen-bond acceptors (Lipinski definition) is 5. The zero-order valence-corrected chi connectivity index (χ0v) is 20.4. The van der Waals surface area contributed by atoms with Gasteiger partial charge in [-0.2, -0.15) is 5.10 Å². The fourth-order valence-corrected chi connectivity index (χ4v) is 5.06. The highest BCUT2D eigenvalue weighted by molar-refractivity contribution is 5.77. The summed E-state index contributed by atoms with van der Waals surface area (Å²) in [5.41, 5.74) is 4.51. The van der Waals surface area contributed by atoms with Crippen LogP contribution in [0.5, 0.6) is 11.5 Å². The van der Waals surface area contributed by atoms with Gasteiger partial charge in [0.15, 0.2) is 23.1 Å². The summed E-state index contributed by atoms with van der Waals surface area (Å²) in [6.45, 7) is 5.47. The summed E-state index contributed by atoms with van der Waals surface area (Å²) < 4.78 is 42.2. The number of rotatable bonds is 7. The van der Waals surface area contributed by atoms with E-state index in [0.29, 0.717) is 12.5 Å². The van der Waals surface area contributed by atoms with Crippen LogP contribution in [-0.4, -0.2) is 53.5 Å². The van der Waals surface area contributed by atoms with E-state index in [9.17, 15) is 8.78 Å². The van der Waals surface area contributed by atoms with Crippen molar-refractivity contribution in [3.8, 4) is 22.6 Å². The zero-order valence-electron chi connectivity index (χ0n) is 20.4. The van der Waals surface area contributed by atoms with E-state index in [0.717, 1.165) is 60.4 Å². The molecular formula is C27H30F2N4O2. The summed E-state index contributed by atoms with van der Waals surface area (Å²) >= 11 is 0. The first kappa shape index (κ1) is 23.5. The normalized spacial score (nSPS) is 16.3. The fraction of sp³-hybridized carbons (Fsp3) is 0.407. The van der Waals surface area contributed by atoms with E-state index in [1.807, 2.05) is 18.5 Å². The molecule has 0 radical (unpaired) electrons. The molecule has 1 aliphatic heterocycles. The maximum Gasteiger partial charge on any atom is 0.171 e. The van der Waals surface area contributed by atoms with Gasteiger partial charge in [0.1, 0.15) is 0 Å². The Labute approximate surface area is 204 Å². The molecule has 1 saturated heterocycles. The molecule has 1 aromatic carbocycles. The minimum Gasteiger partial charge on any atom is -0.494 e. The van der Waals surface area contributed by atoms with Gasteiger partial charge < -0.3 is 14.4 Å². The molecule has 0 atom stereocenters. The highest BCUT2D eigenvalue weighted by atomic mass is 19.1. The highest BCUT2D eigenvalue weighted by Crippen LogP contribution is 2.37. The van der Waals surface area contributed by atoms with Crippen LogP contribution < -0.4 is 9.47 Å². The number of piperidine rings is 1. The summed E-state index contributed by atoms with van der Waals surface area (Å²) in [6, 6.07) is 3.68. The van der Waals surface area contributed by atoms with Gasteiger partial charge in [0.05, 0.1) is 32.2 Å². The van der Waals surface area contributed by atoms with Crippen LogP contribution in [-0.2, 0) is 12.8 Å². The predicted molar refractivity (Wildman–Crippen MR) is 131 cm³/mol. The molecule has 2 aromatic heterocycles. The van der Waals surface area contributed by atoms with E-state index in [4.69, 9.17) is 9.47 Å². The SMILES string of the molecule is CCN1CCC(n2cc(-c3cnc4c(c3)C(Cc3c(F)c(OC)cc(OC)c3F)=CC4)cn2)CC1. The van der Waals surface area contributed by atoms with E-state index in [1.54, 1.807) is 0 Å². The number of halogens is 2. The lowest BCUT2D eigenvalue weighted by Crippen LogP contribution is -2.34. The summed E-state index contributed by atoms with van der Waals surface area (Å²) in [6.07, 6.45) is 10.7. The van der Waals surface area contributed by atoms with E-state index in [2.05, 4.69) is 38.9 Å². The number of ether oxygens (including phenoxy) is 2. The van der Waals surface area contributed by atoms with Gasteiger partial charge in [0.2, 0.25) is 0 Å². The molecule has 0 amide bonds. The summed E-state index contributed by atoms with van der Waals surface area (Å²) in [4.78, 5) is 7.11. The molecule has 8 heteroatoms. The van der Waals surface area contributed by atoms with Crippen molar-refractivity contribution < 1.29 is 18.3 Å². The minimum atomic E-state index is -0.709. The smallest absolute Gasteiger partial charge is 0.171 e. The summed E-state index contributed by atoms with van der Waals surface area (Å²) in [7, 11) is 2.71. The van der Waals surface area contributed by atoms with Crippen LogP contribution in [0.2, 0.25) is 0 Å². The molecule has 35 heavy (non-hydrogen) atoms. The van der Waals surface area contributed by atoms with Crippen molar-refractivity contribution in [2.75, 3.05) is 33.9 Å². The lowest BCUT2D eigenvalue weighted by atomic mass is 9.97. The number of likely N-dealkylation sites (tertiary alicyclic amines) is 1. The van der Waals surface area contributed by atoms with Crippen molar-refractivity contribution in [1.82, 2.24) is 19.7 Å². The molecule has 1 aliphatic carbocycles. The highest BCUT2D eigenvalue weighted by Gasteiger charge is 2.25. The Balaban J connectivity index is 1.40. The van der Waals surface area contributed by atoms with E-state index < -0.39 is 11.6 Å². The molecule has 0 spiro atoms. The first-order valence-corrected chi connectivity index (χ1v) is 12.1. The minimum absolute atomic E-state index is 0.0406. The largest absolute Gasteiger partial charge is 0.494 e. The van der Waals surface area contributed by atoms with Crippen molar-refractivity contribution in [1.29, 1.82) is 0 Å². The Bertz CT molecular complexity index is 1230. The van der Waals surface area contributed by atoms with Crippen LogP contribution in [0, 0.1) is 11.6 Å². The van der Waals surface area contributed by atoms with Gasteiger partial charge in [-0.3, -0.25) is 9.67 Å². The molecular weight excluding hydrogens is 450 g/mol. The van der Waals surface area contributed by atoms with Crippen LogP contribution in [0.3, 0.4) is 0 Å². The van der Waals surface area contributed by atoms with E-state index >= 15 is 0 Å². The van der Waals surface area contributed by atoms with Crippen LogP contribution in [0.15, 0.2) is 36.8 Å². The number of fused-ring (bicyclic) bond motifs is 1. The molecule has 0 saturated carbocycles. The Morgan fingerprint density at radius 1 is 1.00 bits per heavy atom. The van der Waals surface area contributed by atoms with E-state index in [-0.39, 0.29) is 23.5 Å². The standard InChI is InChI=1S/C27H30F2N4O2/c1-4-32-9-7-20(8-10-32)33-16-19(15-31-33)18-12-21-17(5-6-23(21)30-14-18)11-22-26(28)24(34-2)13-25(35-3)27(22)29/h5,12-16,20H,4,6-11H2,1-3H3. The van der Waals surface area contributed by atoms with Crippen molar-refractivity contribution in [2.24, 2.45) is 0 Å². The molecule has 2 aliphatic rings. The molecule has 1 fully saturated rings. The number of aromatic nitrogens is 3. The molecule has 0 bridgehead atoms. The van der Waals surface area contributed by atoms with Crippen molar-refractivity contribution >= 4 is 5.57 Å². The second-order valence-electron chi connectivity index (χ2n) is 9.09. The molecule has 184 valence electrons. The van der Waals surface area contributed by atoms with Crippen molar-refractivity contribution in [3.05, 3.63) is 65.3 Å². The third-order valence-corrected chi connectivity index (χ3v) is 7.20. The van der Waals surface area contributed by atoms with Gasteiger partial charge in [0.25, 0.3) is 0 Å². The first-order chi connectivity index (χ1) is 17.0. The van der Waals surface area contributed by atoms with Gasteiger partial charge in [0, 0.05) is 66.6 Å². The Morgan fingerprint density at radius 2 is 1.71 bits per heavy atom. The van der Waals surface area contributed by atoms with Gasteiger partial charge in [-0.05, 0) is 31.0 Å². The van der Waals surface area contributed by atoms with E-state index in [1.165, 1.54) is 20.3 Å². The number of pyridine rings is 1. The average Bonchev–Trinajstić information content (AvgIpc) is 3.54. The van der Waals surface area contributed by atoms with Gasteiger partial charge in [-0.25, -0.2) is 8.78 Å². The first-order valence-electron chi connectivity index (χ1n) is 12.1. The Kier molecular flexibility index (Phi) is 6.56. The van der Waals surface area contributed by atoms with Gasteiger partial charge in [-0.15, -0.1) is 0 Å². The predicted octanol–water partition coefficient (Wildman–Crippen LogP) is 5.08. The Hall–Kier alpha value is -3.26. The van der Waals surface area contributed by atoms with Gasteiger partial charge >= 0.3 is 0 Å². The summed E-state index contributed by atoms with van der Waals surface area (Å²) in [5, 5.41) is 4.64. The van der Waals surface area contributed by atoms with Gasteiger partial charge in [-0.1, -0.05) is 13.0 Å². The second-order valence-corrected chi connectivity index (χ2v) is 9.09. The lowest BCUT2D eigenvalue weighted by Gasteiger charge is -2.31. The molecule has 3 heterocycles. The maximum atomic E-state index is 15.0. The van der Waals surface area contributed by atoms with Crippen LogP contribution in [0.1, 0.15) is 42.6 Å². The summed E-state index contributed by atoms with van der Waals surface area (Å²) in [5.74, 6) is -1.50. The lowest BCUT2D eigenvalue weighted by molar-refractivity contribution is 0.187. The molecule has 0 N–H and O–H groups in total. The zero-order chi connectivity index (χ0) is 24.5. The third kappa shape index (κ3) is 4.43. The van der Waals surface area contributed by atoms with Crippen LogP contribution >= 0.6 is 0 Å². The topological polar surface area (TPSA) is 52.4 Å². The maximum absolute atomic E-state index is 15.0. The number of methoxy groups -OCH3 is 2. The quantitative estimate of drug-likeness (QED) is 0.472. The number of allylic oxidation sites excluding steroid dienone is 2. The van der Waals surface area contributed by atoms with Crippen molar-refractivity contribution in [3.63, 3.8) is 0 Å². The Morgan fingerprint density at radius 3 is 2.37 bits per heavy atom. The molecule has 3 aromatic rings. The fourth-order valence-electron chi connectivity index (χ4n) is 5.06. The van der Waals surface area contributed by atoms with Crippen molar-refractivity contribution in [2.45, 2.75) is 38.6 Å². The third-order valence-electron chi connectivity index (χ3n) is 7.20. The number of benzene rings is 1. The molecule has 5 rings (SSSR count). The number of hydrogen-bond donors (Lipinski definition) is 0. The van der Waals surface area contributed by atoms with Crippen LogP contribution in [0.4, 0.5) is 8.78 Å².